The molecule has 5 nitrogen and oxygen atoms in total. The Morgan fingerprint density at radius 3 is 2.93 bits per heavy atom. The summed E-state index contributed by atoms with van der Waals surface area (Å²) in [4.78, 5) is 0. The summed E-state index contributed by atoms with van der Waals surface area (Å²) >= 11 is 0. The fraction of sp³-hybridized carbons (Fsp3) is 0.778. The molecule has 0 bridgehead atoms. The second-order valence-corrected chi connectivity index (χ2v) is 4.27. The number of hydrogen-bond acceptors (Lipinski definition) is 4. The summed E-state index contributed by atoms with van der Waals surface area (Å²) in [5.41, 5.74) is 0.318. The Labute approximate surface area is 83.5 Å². The average molecular weight is 196 g/mol. The quantitative estimate of drug-likeness (QED) is 0.733. The zero-order chi connectivity index (χ0) is 10.0. The molecule has 1 aromatic heterocycles. The van der Waals surface area contributed by atoms with E-state index < -0.39 is 0 Å². The van der Waals surface area contributed by atoms with Crippen LogP contribution in [0.1, 0.15) is 12.7 Å². The van der Waals surface area contributed by atoms with Gasteiger partial charge in [0.2, 0.25) is 0 Å². The van der Waals surface area contributed by atoms with Crippen molar-refractivity contribution in [3.05, 3.63) is 12.2 Å². The number of aromatic nitrogens is 3. The molecule has 0 unspecified atom stereocenters. The van der Waals surface area contributed by atoms with Gasteiger partial charge in [0.15, 0.2) is 0 Å². The van der Waals surface area contributed by atoms with Gasteiger partial charge in [0.05, 0.1) is 19.8 Å². The number of hydrogen-bond donors (Lipinski definition) is 1. The normalized spacial score (nSPS) is 19.3. The van der Waals surface area contributed by atoms with Gasteiger partial charge in [-0.3, -0.25) is 0 Å². The molecule has 0 radical (unpaired) electrons. The average Bonchev–Trinajstić information content (AvgIpc) is 2.49. The molecule has 2 rings (SSSR count). The zero-order valence-corrected chi connectivity index (χ0v) is 8.66. The van der Waals surface area contributed by atoms with Crippen LogP contribution in [0.2, 0.25) is 0 Å². The van der Waals surface area contributed by atoms with Crippen molar-refractivity contribution in [2.75, 3.05) is 19.8 Å². The van der Waals surface area contributed by atoms with E-state index in [2.05, 4.69) is 22.4 Å². The molecule has 1 aliphatic heterocycles. The highest BCUT2D eigenvalue weighted by atomic mass is 16.5. The molecule has 0 saturated carbocycles. The van der Waals surface area contributed by atoms with Gasteiger partial charge in [-0.2, -0.15) is 0 Å². The topological polar surface area (TPSA) is 52.0 Å². The highest BCUT2D eigenvalue weighted by molar-refractivity contribution is 4.87. The Morgan fingerprint density at radius 1 is 1.64 bits per heavy atom. The van der Waals surface area contributed by atoms with Crippen molar-refractivity contribution in [3.63, 3.8) is 0 Å². The van der Waals surface area contributed by atoms with E-state index in [-0.39, 0.29) is 0 Å². The van der Waals surface area contributed by atoms with Crippen molar-refractivity contribution in [1.82, 2.24) is 20.1 Å². The first-order valence-electron chi connectivity index (χ1n) is 4.81. The molecular weight excluding hydrogens is 180 g/mol. The lowest BCUT2D eigenvalue weighted by atomic mass is 9.89. The zero-order valence-electron chi connectivity index (χ0n) is 8.66. The molecule has 1 aliphatic rings. The fourth-order valence-electron chi connectivity index (χ4n) is 1.50. The van der Waals surface area contributed by atoms with Crippen LogP contribution in [0.15, 0.2) is 6.33 Å². The highest BCUT2D eigenvalue weighted by Crippen LogP contribution is 2.24. The van der Waals surface area contributed by atoms with E-state index in [4.69, 9.17) is 4.74 Å². The molecule has 0 atom stereocenters. The van der Waals surface area contributed by atoms with Gasteiger partial charge >= 0.3 is 0 Å². The summed E-state index contributed by atoms with van der Waals surface area (Å²) in [7, 11) is 1.95. The van der Waals surface area contributed by atoms with Gasteiger partial charge in [0, 0.05) is 19.0 Å². The van der Waals surface area contributed by atoms with Crippen molar-refractivity contribution in [2.45, 2.75) is 13.5 Å². The van der Waals surface area contributed by atoms with Crippen LogP contribution in [0.4, 0.5) is 0 Å². The van der Waals surface area contributed by atoms with Crippen LogP contribution in [0.3, 0.4) is 0 Å². The summed E-state index contributed by atoms with van der Waals surface area (Å²) in [6.07, 6.45) is 1.71. The Bertz CT molecular complexity index is 306. The van der Waals surface area contributed by atoms with Crippen LogP contribution in [-0.2, 0) is 18.3 Å². The van der Waals surface area contributed by atoms with Gasteiger partial charge in [-0.1, -0.05) is 6.92 Å². The predicted octanol–water partition coefficient (Wildman–Crippen LogP) is -0.0588. The molecule has 1 N–H and O–H groups in total. The summed E-state index contributed by atoms with van der Waals surface area (Å²) < 4.78 is 7.10. The van der Waals surface area contributed by atoms with Gasteiger partial charge in [-0.15, -0.1) is 10.2 Å². The van der Waals surface area contributed by atoms with E-state index in [0.717, 1.165) is 32.1 Å². The molecule has 5 heteroatoms. The minimum atomic E-state index is 0.318. The van der Waals surface area contributed by atoms with Crippen molar-refractivity contribution >= 4 is 0 Å². The maximum absolute atomic E-state index is 5.18. The molecule has 0 aliphatic carbocycles. The van der Waals surface area contributed by atoms with E-state index in [9.17, 15) is 0 Å². The first-order valence-corrected chi connectivity index (χ1v) is 4.81. The van der Waals surface area contributed by atoms with E-state index in [0.29, 0.717) is 5.41 Å². The Hall–Kier alpha value is -0.940. The Balaban J connectivity index is 1.75. The van der Waals surface area contributed by atoms with Crippen molar-refractivity contribution in [1.29, 1.82) is 0 Å². The number of nitrogens with zero attached hydrogens (tertiary/aromatic N) is 3. The minimum Gasteiger partial charge on any atom is -0.380 e. The first kappa shape index (κ1) is 9.61. The number of ether oxygens (including phenoxy) is 1. The summed E-state index contributed by atoms with van der Waals surface area (Å²) in [6, 6.07) is 0. The summed E-state index contributed by atoms with van der Waals surface area (Å²) in [5.74, 6) is 0.967. The van der Waals surface area contributed by atoms with E-state index in [1.54, 1.807) is 6.33 Å². The molecular formula is C9H16N4O. The SMILES string of the molecule is Cn1cnnc1CNCC1(C)COC1. The maximum Gasteiger partial charge on any atom is 0.146 e. The third-order valence-electron chi connectivity index (χ3n) is 2.54. The van der Waals surface area contributed by atoms with Gasteiger partial charge in [-0.25, -0.2) is 0 Å². The second-order valence-electron chi connectivity index (χ2n) is 4.27. The molecule has 2 heterocycles. The predicted molar refractivity (Wildman–Crippen MR) is 51.6 cm³/mol. The molecule has 0 spiro atoms. The molecule has 1 saturated heterocycles. The van der Waals surface area contributed by atoms with Gasteiger partial charge in [0.25, 0.3) is 0 Å². The van der Waals surface area contributed by atoms with Crippen LogP contribution in [-0.4, -0.2) is 34.5 Å². The standard InChI is InChI=1S/C9H16N4O/c1-9(5-14-6-9)4-10-3-8-12-11-7-13(8)2/h7,10H,3-6H2,1-2H3. The third kappa shape index (κ3) is 1.93. The fourth-order valence-corrected chi connectivity index (χ4v) is 1.50. The van der Waals surface area contributed by atoms with Crippen molar-refractivity contribution < 1.29 is 4.74 Å². The largest absolute Gasteiger partial charge is 0.380 e. The van der Waals surface area contributed by atoms with Crippen molar-refractivity contribution in [2.24, 2.45) is 12.5 Å². The Kier molecular flexibility index (Phi) is 2.52. The molecule has 14 heavy (non-hydrogen) atoms. The van der Waals surface area contributed by atoms with Gasteiger partial charge < -0.3 is 14.6 Å². The molecule has 0 amide bonds. The van der Waals surface area contributed by atoms with Crippen molar-refractivity contribution in [3.8, 4) is 0 Å². The highest BCUT2D eigenvalue weighted by Gasteiger charge is 2.32. The molecule has 0 aromatic carbocycles. The van der Waals surface area contributed by atoms with Crippen LogP contribution in [0.5, 0.6) is 0 Å². The third-order valence-corrected chi connectivity index (χ3v) is 2.54. The lowest BCUT2D eigenvalue weighted by Crippen LogP contribution is -2.47. The molecule has 1 aromatic rings. The number of rotatable bonds is 4. The smallest absolute Gasteiger partial charge is 0.146 e. The van der Waals surface area contributed by atoms with Crippen LogP contribution in [0, 0.1) is 5.41 Å². The lowest BCUT2D eigenvalue weighted by Gasteiger charge is -2.38. The van der Waals surface area contributed by atoms with Gasteiger partial charge in [0.1, 0.15) is 12.2 Å². The Morgan fingerprint density at radius 2 is 2.43 bits per heavy atom. The summed E-state index contributed by atoms with van der Waals surface area (Å²) in [5, 5.41) is 11.2. The van der Waals surface area contributed by atoms with E-state index in [1.165, 1.54) is 0 Å². The number of nitrogens with one attached hydrogen (secondary N) is 1. The molecule has 78 valence electrons. The summed E-state index contributed by atoms with van der Waals surface area (Å²) in [6.45, 7) is 5.68. The molecule has 1 fully saturated rings. The monoisotopic (exact) mass is 196 g/mol. The van der Waals surface area contributed by atoms with Crippen LogP contribution < -0.4 is 5.32 Å². The second kappa shape index (κ2) is 3.67. The van der Waals surface area contributed by atoms with Crippen LogP contribution in [0.25, 0.3) is 0 Å². The van der Waals surface area contributed by atoms with E-state index >= 15 is 0 Å². The van der Waals surface area contributed by atoms with Gasteiger partial charge in [-0.05, 0) is 0 Å². The minimum absolute atomic E-state index is 0.318. The van der Waals surface area contributed by atoms with Crippen LogP contribution >= 0.6 is 0 Å². The number of aryl methyl sites for hydroxylation is 1. The first-order chi connectivity index (χ1) is 6.70. The lowest BCUT2D eigenvalue weighted by molar-refractivity contribution is -0.0992. The maximum atomic E-state index is 5.18. The van der Waals surface area contributed by atoms with E-state index in [1.807, 2.05) is 11.6 Å².